The molecule has 1 aromatic rings. The van der Waals surface area contributed by atoms with Crippen molar-refractivity contribution in [1.82, 2.24) is 9.88 Å². The molecule has 1 aliphatic heterocycles. The summed E-state index contributed by atoms with van der Waals surface area (Å²) in [6.45, 7) is 6.42. The number of hydrogen-bond donors (Lipinski definition) is 0. The van der Waals surface area contributed by atoms with Crippen LogP contribution < -0.4 is 0 Å². The molecule has 1 saturated heterocycles. The Balaban J connectivity index is 2.21. The van der Waals surface area contributed by atoms with Gasteiger partial charge in [-0.1, -0.05) is 32.9 Å². The molecule has 0 spiro atoms. The molecule has 1 aromatic heterocycles. The van der Waals surface area contributed by atoms with Gasteiger partial charge in [0.1, 0.15) is 0 Å². The molecule has 5 nitrogen and oxygen atoms in total. The third-order valence-electron chi connectivity index (χ3n) is 3.73. The number of amides is 1. The van der Waals surface area contributed by atoms with Crippen molar-refractivity contribution >= 4 is 15.7 Å². The van der Waals surface area contributed by atoms with E-state index in [0.29, 0.717) is 13.0 Å². The second-order valence-corrected chi connectivity index (χ2v) is 9.31. The van der Waals surface area contributed by atoms with E-state index >= 15 is 0 Å². The van der Waals surface area contributed by atoms with Crippen LogP contribution in [0.4, 0.5) is 0 Å². The van der Waals surface area contributed by atoms with Crippen LogP contribution in [0.5, 0.6) is 0 Å². The molecule has 0 unspecified atom stereocenters. The van der Waals surface area contributed by atoms with Gasteiger partial charge in [-0.05, 0) is 29.5 Å². The quantitative estimate of drug-likeness (QED) is 0.791. The molecule has 0 bridgehead atoms. The molecule has 0 radical (unpaired) electrons. The molecule has 0 aromatic carbocycles. The number of pyridine rings is 1. The average molecular weight is 336 g/mol. The van der Waals surface area contributed by atoms with Gasteiger partial charge >= 0.3 is 0 Å². The van der Waals surface area contributed by atoms with Crippen molar-refractivity contribution in [3.63, 3.8) is 0 Å². The SMILES string of the molecule is CC(C)(C)/C=C\C(=O)N(Cc1cccnc1)[C@H]1CCS(=O)(=O)C1. The first kappa shape index (κ1) is 17.7. The van der Waals surface area contributed by atoms with Crippen molar-refractivity contribution in [2.45, 2.75) is 39.8 Å². The van der Waals surface area contributed by atoms with E-state index in [1.165, 1.54) is 0 Å². The Bertz CT molecular complexity index is 676. The molecule has 126 valence electrons. The van der Waals surface area contributed by atoms with Crippen LogP contribution in [-0.2, 0) is 21.2 Å². The van der Waals surface area contributed by atoms with E-state index in [9.17, 15) is 13.2 Å². The molecular weight excluding hydrogens is 312 g/mol. The van der Waals surface area contributed by atoms with Gasteiger partial charge in [-0.3, -0.25) is 9.78 Å². The highest BCUT2D eigenvalue weighted by Gasteiger charge is 2.34. The lowest BCUT2D eigenvalue weighted by Crippen LogP contribution is -2.39. The second kappa shape index (κ2) is 6.83. The monoisotopic (exact) mass is 336 g/mol. The molecule has 1 amide bonds. The second-order valence-electron chi connectivity index (χ2n) is 7.08. The highest BCUT2D eigenvalue weighted by Crippen LogP contribution is 2.21. The average Bonchev–Trinajstić information content (AvgIpc) is 2.82. The molecule has 1 fully saturated rings. The highest BCUT2D eigenvalue weighted by molar-refractivity contribution is 7.91. The summed E-state index contributed by atoms with van der Waals surface area (Å²) in [7, 11) is -3.04. The fourth-order valence-electron chi connectivity index (χ4n) is 2.51. The minimum absolute atomic E-state index is 0.0440. The Morgan fingerprint density at radius 3 is 2.70 bits per heavy atom. The lowest BCUT2D eigenvalue weighted by molar-refractivity contribution is -0.128. The Morgan fingerprint density at radius 2 is 2.17 bits per heavy atom. The summed E-state index contributed by atoms with van der Waals surface area (Å²) in [5.41, 5.74) is 0.798. The third kappa shape index (κ3) is 5.46. The van der Waals surface area contributed by atoms with Crippen molar-refractivity contribution in [3.05, 3.63) is 42.2 Å². The summed E-state index contributed by atoms with van der Waals surface area (Å²) in [5.74, 6) is 0.0469. The first-order chi connectivity index (χ1) is 10.7. The van der Waals surface area contributed by atoms with Crippen LogP contribution in [0.1, 0.15) is 32.8 Å². The van der Waals surface area contributed by atoms with E-state index in [4.69, 9.17) is 0 Å². The number of allylic oxidation sites excluding steroid dienone is 1. The van der Waals surface area contributed by atoms with Gasteiger partial charge in [-0.25, -0.2) is 8.42 Å². The maximum Gasteiger partial charge on any atom is 0.246 e. The van der Waals surface area contributed by atoms with E-state index in [2.05, 4.69) is 4.98 Å². The molecular formula is C17H24N2O3S. The predicted molar refractivity (Wildman–Crippen MR) is 90.4 cm³/mol. The van der Waals surface area contributed by atoms with Crippen LogP contribution in [0, 0.1) is 5.41 Å². The lowest BCUT2D eigenvalue weighted by atomic mass is 9.96. The predicted octanol–water partition coefficient (Wildman–Crippen LogP) is 2.20. The number of rotatable bonds is 4. The third-order valence-corrected chi connectivity index (χ3v) is 5.48. The van der Waals surface area contributed by atoms with Gasteiger partial charge in [-0.15, -0.1) is 0 Å². The van der Waals surface area contributed by atoms with Crippen LogP contribution in [0.25, 0.3) is 0 Å². The number of aromatic nitrogens is 1. The van der Waals surface area contributed by atoms with Crippen LogP contribution in [-0.4, -0.2) is 41.8 Å². The van der Waals surface area contributed by atoms with Crippen LogP contribution in [0.15, 0.2) is 36.7 Å². The molecule has 2 heterocycles. The van der Waals surface area contributed by atoms with Crippen molar-refractivity contribution in [2.24, 2.45) is 5.41 Å². The zero-order chi connectivity index (χ0) is 17.1. The van der Waals surface area contributed by atoms with Crippen molar-refractivity contribution in [3.8, 4) is 0 Å². The minimum atomic E-state index is -3.04. The Kier molecular flexibility index (Phi) is 5.24. The molecule has 0 saturated carbocycles. The summed E-state index contributed by atoms with van der Waals surface area (Å²) in [6.07, 6.45) is 7.29. The molecule has 1 aliphatic rings. The fraction of sp³-hybridized carbons (Fsp3) is 0.529. The molecule has 23 heavy (non-hydrogen) atoms. The Labute approximate surface area is 138 Å². The maximum absolute atomic E-state index is 12.6. The summed E-state index contributed by atoms with van der Waals surface area (Å²) < 4.78 is 23.5. The van der Waals surface area contributed by atoms with E-state index < -0.39 is 9.84 Å². The van der Waals surface area contributed by atoms with E-state index in [-0.39, 0.29) is 28.9 Å². The Hall–Kier alpha value is -1.69. The van der Waals surface area contributed by atoms with Gasteiger partial charge in [0.15, 0.2) is 9.84 Å². The van der Waals surface area contributed by atoms with Crippen LogP contribution in [0.3, 0.4) is 0 Å². The van der Waals surface area contributed by atoms with Crippen LogP contribution >= 0.6 is 0 Å². The van der Waals surface area contributed by atoms with Gasteiger partial charge in [0.05, 0.1) is 11.5 Å². The summed E-state index contributed by atoms with van der Waals surface area (Å²) >= 11 is 0. The zero-order valence-corrected chi connectivity index (χ0v) is 14.7. The minimum Gasteiger partial charge on any atom is -0.331 e. The van der Waals surface area contributed by atoms with E-state index in [1.807, 2.05) is 39.0 Å². The van der Waals surface area contributed by atoms with Crippen LogP contribution in [0.2, 0.25) is 0 Å². The largest absolute Gasteiger partial charge is 0.331 e. The van der Waals surface area contributed by atoms with Crippen molar-refractivity contribution in [1.29, 1.82) is 0 Å². The smallest absolute Gasteiger partial charge is 0.246 e. The Morgan fingerprint density at radius 1 is 1.43 bits per heavy atom. The molecule has 6 heteroatoms. The number of carbonyl (C=O) groups is 1. The summed E-state index contributed by atoms with van der Waals surface area (Å²) in [4.78, 5) is 18.3. The maximum atomic E-state index is 12.6. The van der Waals surface area contributed by atoms with E-state index in [1.54, 1.807) is 23.4 Å². The van der Waals surface area contributed by atoms with Crippen molar-refractivity contribution in [2.75, 3.05) is 11.5 Å². The summed E-state index contributed by atoms with van der Waals surface area (Å²) in [6, 6.07) is 3.44. The number of carbonyl (C=O) groups excluding carboxylic acids is 1. The lowest BCUT2D eigenvalue weighted by Gasteiger charge is -2.27. The molecule has 2 rings (SSSR count). The highest BCUT2D eigenvalue weighted by atomic mass is 32.2. The topological polar surface area (TPSA) is 67.3 Å². The first-order valence-electron chi connectivity index (χ1n) is 7.75. The van der Waals surface area contributed by atoms with Gasteiger partial charge in [0, 0.05) is 25.0 Å². The summed E-state index contributed by atoms with van der Waals surface area (Å²) in [5, 5.41) is 0. The van der Waals surface area contributed by atoms with Gasteiger partial charge in [0.2, 0.25) is 5.91 Å². The molecule has 1 atom stereocenters. The first-order valence-corrected chi connectivity index (χ1v) is 9.58. The van der Waals surface area contributed by atoms with Crippen molar-refractivity contribution < 1.29 is 13.2 Å². The zero-order valence-electron chi connectivity index (χ0n) is 13.9. The molecule has 0 aliphatic carbocycles. The van der Waals surface area contributed by atoms with Gasteiger partial charge in [0.25, 0.3) is 0 Å². The number of nitrogens with zero attached hydrogens (tertiary/aromatic N) is 2. The number of hydrogen-bond acceptors (Lipinski definition) is 4. The van der Waals surface area contributed by atoms with E-state index in [0.717, 1.165) is 5.56 Å². The number of sulfone groups is 1. The standard InChI is InChI=1S/C17H24N2O3S/c1-17(2,3)8-6-16(20)19(12-14-5-4-9-18-11-14)15-7-10-23(21,22)13-15/h4-6,8-9,11,15H,7,10,12-13H2,1-3H3/b8-6-/t15-/m0/s1. The fourth-order valence-corrected chi connectivity index (χ4v) is 4.24. The van der Waals surface area contributed by atoms with Gasteiger partial charge in [-0.2, -0.15) is 0 Å². The normalized spacial score (nSPS) is 20.7. The van der Waals surface area contributed by atoms with Gasteiger partial charge < -0.3 is 4.90 Å². The molecule has 0 N–H and O–H groups in total.